The Hall–Kier alpha value is -1.55. The predicted molar refractivity (Wildman–Crippen MR) is 70.1 cm³/mol. The maximum atomic E-state index is 4.39. The summed E-state index contributed by atoms with van der Waals surface area (Å²) in [6.45, 7) is 0.913. The second-order valence-corrected chi connectivity index (χ2v) is 4.65. The highest BCUT2D eigenvalue weighted by Crippen LogP contribution is 2.24. The Morgan fingerprint density at radius 3 is 3.12 bits per heavy atom. The van der Waals surface area contributed by atoms with Crippen molar-refractivity contribution in [3.63, 3.8) is 0 Å². The van der Waals surface area contributed by atoms with Crippen molar-refractivity contribution in [3.8, 4) is 0 Å². The number of nitrogens with one attached hydrogen (secondary N) is 1. The van der Waals surface area contributed by atoms with E-state index in [4.69, 9.17) is 0 Å². The highest BCUT2D eigenvalue weighted by atomic mass is 32.2. The summed E-state index contributed by atoms with van der Waals surface area (Å²) >= 11 is 1.76. The zero-order valence-corrected chi connectivity index (χ0v) is 9.50. The maximum absolute atomic E-state index is 4.39. The van der Waals surface area contributed by atoms with Crippen LogP contribution in [-0.2, 0) is 0 Å². The molecule has 0 amide bonds. The molecule has 0 fully saturated rings. The Bertz CT molecular complexity index is 545. The number of pyridine rings is 1. The van der Waals surface area contributed by atoms with Crippen LogP contribution in [0.1, 0.15) is 0 Å². The minimum atomic E-state index is 0.913. The van der Waals surface area contributed by atoms with E-state index < -0.39 is 0 Å². The van der Waals surface area contributed by atoms with Crippen LogP contribution in [0.3, 0.4) is 0 Å². The van der Waals surface area contributed by atoms with E-state index in [2.05, 4.69) is 27.4 Å². The van der Waals surface area contributed by atoms with Crippen LogP contribution in [0.4, 0.5) is 5.69 Å². The molecular formula is C12H11N3S. The Kier molecular flexibility index (Phi) is 2.50. The van der Waals surface area contributed by atoms with Gasteiger partial charge in [0.2, 0.25) is 0 Å². The van der Waals surface area contributed by atoms with Crippen LogP contribution in [0.15, 0.2) is 41.7 Å². The highest BCUT2D eigenvalue weighted by molar-refractivity contribution is 8.14. The molecule has 0 bridgehead atoms. The summed E-state index contributed by atoms with van der Waals surface area (Å²) < 4.78 is 0. The van der Waals surface area contributed by atoms with Gasteiger partial charge in [0.25, 0.3) is 0 Å². The summed E-state index contributed by atoms with van der Waals surface area (Å²) in [6.07, 6.45) is 3.70. The van der Waals surface area contributed by atoms with Crippen molar-refractivity contribution < 1.29 is 0 Å². The van der Waals surface area contributed by atoms with E-state index in [-0.39, 0.29) is 0 Å². The maximum Gasteiger partial charge on any atom is 0.161 e. The molecule has 2 aromatic rings. The molecule has 3 rings (SSSR count). The number of nitrogens with zero attached hydrogens (tertiary/aromatic N) is 2. The van der Waals surface area contributed by atoms with Gasteiger partial charge in [-0.25, -0.2) is 0 Å². The van der Waals surface area contributed by atoms with Crippen molar-refractivity contribution in [2.75, 3.05) is 17.6 Å². The lowest BCUT2D eigenvalue weighted by atomic mass is 10.1. The van der Waals surface area contributed by atoms with E-state index >= 15 is 0 Å². The van der Waals surface area contributed by atoms with Gasteiger partial charge in [-0.05, 0) is 17.5 Å². The zero-order valence-electron chi connectivity index (χ0n) is 8.68. The summed E-state index contributed by atoms with van der Waals surface area (Å²) in [6, 6.07) is 8.21. The zero-order chi connectivity index (χ0) is 10.8. The van der Waals surface area contributed by atoms with Crippen molar-refractivity contribution in [1.29, 1.82) is 0 Å². The van der Waals surface area contributed by atoms with Crippen LogP contribution in [0, 0.1) is 0 Å². The molecule has 1 aromatic carbocycles. The normalized spacial score (nSPS) is 15.1. The molecule has 0 aliphatic carbocycles. The SMILES string of the molecule is c1cc(NC2=NCCS2)c2cnccc2c1. The van der Waals surface area contributed by atoms with E-state index in [1.54, 1.807) is 11.8 Å². The lowest BCUT2D eigenvalue weighted by Gasteiger charge is -2.08. The first-order valence-electron chi connectivity index (χ1n) is 5.20. The van der Waals surface area contributed by atoms with Gasteiger partial charge in [0, 0.05) is 29.2 Å². The number of anilines is 1. The number of fused-ring (bicyclic) bond motifs is 1. The van der Waals surface area contributed by atoms with Crippen molar-refractivity contribution in [2.45, 2.75) is 0 Å². The fourth-order valence-corrected chi connectivity index (χ4v) is 2.49. The quantitative estimate of drug-likeness (QED) is 0.817. The van der Waals surface area contributed by atoms with Crippen LogP contribution in [-0.4, -0.2) is 22.4 Å². The number of aliphatic imine (C=N–C) groups is 1. The molecule has 1 aliphatic rings. The van der Waals surface area contributed by atoms with Gasteiger partial charge < -0.3 is 5.32 Å². The third-order valence-electron chi connectivity index (χ3n) is 2.51. The topological polar surface area (TPSA) is 37.3 Å². The molecule has 1 aliphatic heterocycles. The van der Waals surface area contributed by atoms with E-state index in [9.17, 15) is 0 Å². The fourth-order valence-electron chi connectivity index (χ4n) is 1.75. The molecule has 1 N–H and O–H groups in total. The highest BCUT2D eigenvalue weighted by Gasteiger charge is 2.08. The summed E-state index contributed by atoms with van der Waals surface area (Å²) in [5.74, 6) is 1.07. The Labute approximate surface area is 98.0 Å². The lowest BCUT2D eigenvalue weighted by Crippen LogP contribution is -2.05. The van der Waals surface area contributed by atoms with Gasteiger partial charge in [-0.1, -0.05) is 23.9 Å². The first-order valence-corrected chi connectivity index (χ1v) is 6.19. The summed E-state index contributed by atoms with van der Waals surface area (Å²) in [7, 11) is 0. The average molecular weight is 229 g/mol. The summed E-state index contributed by atoms with van der Waals surface area (Å²) in [4.78, 5) is 8.55. The first kappa shape index (κ1) is 9.66. The minimum absolute atomic E-state index is 0.913. The number of hydrogen-bond acceptors (Lipinski definition) is 4. The summed E-state index contributed by atoms with van der Waals surface area (Å²) in [5.41, 5.74) is 1.08. The molecule has 0 unspecified atom stereocenters. The number of hydrogen-bond donors (Lipinski definition) is 1. The van der Waals surface area contributed by atoms with Crippen molar-refractivity contribution in [3.05, 3.63) is 36.7 Å². The molecule has 0 saturated carbocycles. The van der Waals surface area contributed by atoms with E-state index in [0.29, 0.717) is 0 Å². The molecule has 2 heterocycles. The largest absolute Gasteiger partial charge is 0.334 e. The van der Waals surface area contributed by atoms with Gasteiger partial charge in [-0.3, -0.25) is 9.98 Å². The van der Waals surface area contributed by atoms with E-state index in [0.717, 1.165) is 28.5 Å². The van der Waals surface area contributed by atoms with Gasteiger partial charge in [-0.2, -0.15) is 0 Å². The molecule has 0 spiro atoms. The number of amidine groups is 1. The third-order valence-corrected chi connectivity index (χ3v) is 3.40. The summed E-state index contributed by atoms with van der Waals surface area (Å²) in [5, 5.41) is 6.70. The van der Waals surface area contributed by atoms with Crippen molar-refractivity contribution in [1.82, 2.24) is 4.98 Å². The molecular weight excluding hydrogens is 218 g/mol. The van der Waals surface area contributed by atoms with Crippen LogP contribution in [0.5, 0.6) is 0 Å². The molecule has 0 radical (unpaired) electrons. The van der Waals surface area contributed by atoms with Gasteiger partial charge in [-0.15, -0.1) is 0 Å². The first-order chi connectivity index (χ1) is 7.93. The van der Waals surface area contributed by atoms with Crippen molar-refractivity contribution in [2.24, 2.45) is 4.99 Å². The second kappa shape index (κ2) is 4.14. The molecule has 80 valence electrons. The minimum Gasteiger partial charge on any atom is -0.334 e. The van der Waals surface area contributed by atoms with Crippen LogP contribution >= 0.6 is 11.8 Å². The van der Waals surface area contributed by atoms with Crippen LogP contribution < -0.4 is 5.32 Å². The standard InChI is InChI=1S/C12H11N3S/c1-2-9-4-5-13-8-10(9)11(3-1)15-12-14-6-7-16-12/h1-5,8H,6-7H2,(H,14,15). The van der Waals surface area contributed by atoms with Gasteiger partial charge >= 0.3 is 0 Å². The van der Waals surface area contributed by atoms with E-state index in [1.165, 1.54) is 5.39 Å². The number of rotatable bonds is 1. The molecule has 0 atom stereocenters. The average Bonchev–Trinajstić information content (AvgIpc) is 2.82. The molecule has 0 saturated heterocycles. The fraction of sp³-hybridized carbons (Fsp3) is 0.167. The van der Waals surface area contributed by atoms with Crippen LogP contribution in [0.25, 0.3) is 10.8 Å². The second-order valence-electron chi connectivity index (χ2n) is 3.56. The van der Waals surface area contributed by atoms with Gasteiger partial charge in [0.1, 0.15) is 0 Å². The van der Waals surface area contributed by atoms with E-state index in [1.807, 2.05) is 24.5 Å². The Morgan fingerprint density at radius 1 is 1.25 bits per heavy atom. The van der Waals surface area contributed by atoms with Gasteiger partial charge in [0.05, 0.1) is 6.54 Å². The van der Waals surface area contributed by atoms with Crippen LogP contribution in [0.2, 0.25) is 0 Å². The molecule has 3 nitrogen and oxygen atoms in total. The van der Waals surface area contributed by atoms with Crippen molar-refractivity contribution >= 4 is 33.4 Å². The smallest absolute Gasteiger partial charge is 0.161 e. The number of thioether (sulfide) groups is 1. The third kappa shape index (κ3) is 1.76. The predicted octanol–water partition coefficient (Wildman–Crippen LogP) is 2.75. The monoisotopic (exact) mass is 229 g/mol. The molecule has 4 heteroatoms. The lowest BCUT2D eigenvalue weighted by molar-refractivity contribution is 1.17. The number of aromatic nitrogens is 1. The number of benzene rings is 1. The van der Waals surface area contributed by atoms with Gasteiger partial charge in [0.15, 0.2) is 5.17 Å². The Balaban J connectivity index is 2.02. The Morgan fingerprint density at radius 2 is 2.25 bits per heavy atom. The molecule has 1 aromatic heterocycles. The molecule has 16 heavy (non-hydrogen) atoms.